The number of amides is 1. The first-order valence-corrected chi connectivity index (χ1v) is 12.9. The van der Waals surface area contributed by atoms with Crippen molar-refractivity contribution in [3.63, 3.8) is 0 Å². The lowest BCUT2D eigenvalue weighted by Gasteiger charge is -2.11. The second-order valence-corrected chi connectivity index (χ2v) is 9.60. The fourth-order valence-electron chi connectivity index (χ4n) is 3.71. The molecule has 4 rings (SSSR count). The Labute approximate surface area is 214 Å². The number of carbonyl (C=O) groups is 1. The summed E-state index contributed by atoms with van der Waals surface area (Å²) in [6.07, 6.45) is 2.80. The Kier molecular flexibility index (Phi) is 8.81. The number of nitrogens with two attached hydrogens (primary N) is 1. The molecule has 3 N–H and O–H groups in total. The SMILES string of the molecule is Nc1cccc(CSc2nnc(CCCCC(=O)NCc3ccccc3)n2-c2cccc(Cl)c2)c1. The Morgan fingerprint density at radius 2 is 1.74 bits per heavy atom. The van der Waals surface area contributed by atoms with Crippen LogP contribution in [0.15, 0.2) is 84.0 Å². The second kappa shape index (κ2) is 12.4. The molecule has 8 heteroatoms. The first kappa shape index (κ1) is 24.8. The van der Waals surface area contributed by atoms with Gasteiger partial charge in [0, 0.05) is 35.8 Å². The van der Waals surface area contributed by atoms with E-state index in [1.807, 2.05) is 78.9 Å². The molecule has 0 saturated heterocycles. The molecule has 0 aliphatic heterocycles. The fourth-order valence-corrected chi connectivity index (χ4v) is 4.81. The van der Waals surface area contributed by atoms with E-state index in [4.69, 9.17) is 17.3 Å². The van der Waals surface area contributed by atoms with Gasteiger partial charge in [0.05, 0.1) is 5.69 Å². The van der Waals surface area contributed by atoms with Crippen molar-refractivity contribution < 1.29 is 4.79 Å². The highest BCUT2D eigenvalue weighted by Crippen LogP contribution is 2.27. The van der Waals surface area contributed by atoms with Gasteiger partial charge in [-0.05, 0) is 54.3 Å². The van der Waals surface area contributed by atoms with E-state index in [9.17, 15) is 4.79 Å². The van der Waals surface area contributed by atoms with Crippen molar-refractivity contribution >= 4 is 35.0 Å². The highest BCUT2D eigenvalue weighted by molar-refractivity contribution is 7.98. The van der Waals surface area contributed by atoms with Crippen molar-refractivity contribution in [2.45, 2.75) is 43.1 Å². The molecule has 0 aliphatic rings. The van der Waals surface area contributed by atoms with Crippen molar-refractivity contribution in [1.29, 1.82) is 0 Å². The number of benzene rings is 3. The van der Waals surface area contributed by atoms with Gasteiger partial charge in [-0.15, -0.1) is 10.2 Å². The van der Waals surface area contributed by atoms with Crippen molar-refractivity contribution in [2.75, 3.05) is 5.73 Å². The highest BCUT2D eigenvalue weighted by atomic mass is 35.5. The Hall–Kier alpha value is -3.29. The minimum Gasteiger partial charge on any atom is -0.399 e. The van der Waals surface area contributed by atoms with Crippen LogP contribution >= 0.6 is 23.4 Å². The molecule has 6 nitrogen and oxygen atoms in total. The third-order valence-electron chi connectivity index (χ3n) is 5.47. The van der Waals surface area contributed by atoms with Gasteiger partial charge in [-0.1, -0.05) is 71.9 Å². The smallest absolute Gasteiger partial charge is 0.220 e. The number of thioether (sulfide) groups is 1. The molecule has 0 atom stereocenters. The minimum absolute atomic E-state index is 0.0588. The molecule has 35 heavy (non-hydrogen) atoms. The second-order valence-electron chi connectivity index (χ2n) is 8.22. The average molecular weight is 506 g/mol. The van der Waals surface area contributed by atoms with Crippen LogP contribution in [0.2, 0.25) is 5.02 Å². The summed E-state index contributed by atoms with van der Waals surface area (Å²) in [4.78, 5) is 12.2. The zero-order valence-electron chi connectivity index (χ0n) is 19.4. The van der Waals surface area contributed by atoms with E-state index >= 15 is 0 Å². The molecule has 0 saturated carbocycles. The standard InChI is InChI=1S/C27H28ClN5OS/c28-22-11-7-13-24(17-22)33-25(31-32-27(33)35-19-21-10-6-12-23(29)16-21)14-4-5-15-26(34)30-18-20-8-2-1-3-9-20/h1-3,6-13,16-17H,4-5,14-15,18-19,29H2,(H,30,34). The van der Waals surface area contributed by atoms with Gasteiger partial charge in [0.2, 0.25) is 5.91 Å². The molecule has 4 aromatic rings. The molecule has 0 aliphatic carbocycles. The van der Waals surface area contributed by atoms with Gasteiger partial charge in [-0.3, -0.25) is 9.36 Å². The predicted molar refractivity (Wildman–Crippen MR) is 143 cm³/mol. The lowest BCUT2D eigenvalue weighted by atomic mass is 10.1. The number of anilines is 1. The Morgan fingerprint density at radius 3 is 2.54 bits per heavy atom. The number of halogens is 1. The number of rotatable bonds is 11. The number of nitrogen functional groups attached to an aromatic ring is 1. The highest BCUT2D eigenvalue weighted by Gasteiger charge is 2.15. The zero-order valence-corrected chi connectivity index (χ0v) is 20.9. The maximum Gasteiger partial charge on any atom is 0.220 e. The largest absolute Gasteiger partial charge is 0.399 e. The zero-order chi connectivity index (χ0) is 24.5. The predicted octanol–water partition coefficient (Wildman–Crippen LogP) is 5.82. The summed E-state index contributed by atoms with van der Waals surface area (Å²) in [6.45, 7) is 0.552. The van der Waals surface area contributed by atoms with Crippen LogP contribution < -0.4 is 11.1 Å². The molecule has 1 amide bonds. The van der Waals surface area contributed by atoms with E-state index in [0.717, 1.165) is 52.1 Å². The molecule has 0 unspecified atom stereocenters. The molecule has 1 heterocycles. The minimum atomic E-state index is 0.0588. The van der Waals surface area contributed by atoms with E-state index in [1.165, 1.54) is 0 Å². The van der Waals surface area contributed by atoms with Crippen LogP contribution in [0.3, 0.4) is 0 Å². The van der Waals surface area contributed by atoms with Crippen LogP contribution in [0.4, 0.5) is 5.69 Å². The number of nitrogens with one attached hydrogen (secondary N) is 1. The van der Waals surface area contributed by atoms with Gasteiger partial charge >= 0.3 is 0 Å². The Balaban J connectivity index is 1.37. The number of aryl methyl sites for hydroxylation is 1. The summed E-state index contributed by atoms with van der Waals surface area (Å²) in [5.41, 5.74) is 9.81. The van der Waals surface area contributed by atoms with Gasteiger partial charge < -0.3 is 11.1 Å². The van der Waals surface area contributed by atoms with Crippen molar-refractivity contribution in [3.05, 3.63) is 101 Å². The van der Waals surface area contributed by atoms with Crippen LogP contribution in [-0.4, -0.2) is 20.7 Å². The number of nitrogens with zero attached hydrogens (tertiary/aromatic N) is 3. The van der Waals surface area contributed by atoms with Gasteiger partial charge in [0.15, 0.2) is 5.16 Å². The topological polar surface area (TPSA) is 85.8 Å². The van der Waals surface area contributed by atoms with Crippen molar-refractivity contribution in [3.8, 4) is 5.69 Å². The third-order valence-corrected chi connectivity index (χ3v) is 6.71. The summed E-state index contributed by atoms with van der Waals surface area (Å²) in [5, 5.41) is 13.4. The maximum absolute atomic E-state index is 12.2. The van der Waals surface area contributed by atoms with Crippen LogP contribution in [0, 0.1) is 0 Å². The summed E-state index contributed by atoms with van der Waals surface area (Å²) in [5.74, 6) is 1.64. The van der Waals surface area contributed by atoms with Gasteiger partial charge in [0.25, 0.3) is 0 Å². The quantitative estimate of drug-likeness (QED) is 0.152. The first-order chi connectivity index (χ1) is 17.1. The number of hydrogen-bond donors (Lipinski definition) is 2. The molecule has 0 bridgehead atoms. The van der Waals surface area contributed by atoms with E-state index in [1.54, 1.807) is 11.8 Å². The van der Waals surface area contributed by atoms with E-state index < -0.39 is 0 Å². The molecular weight excluding hydrogens is 478 g/mol. The molecule has 0 radical (unpaired) electrons. The number of unbranched alkanes of at least 4 members (excludes halogenated alkanes) is 1. The number of aromatic nitrogens is 3. The molecule has 180 valence electrons. The van der Waals surface area contributed by atoms with Crippen LogP contribution in [-0.2, 0) is 23.5 Å². The molecule has 1 aromatic heterocycles. The third kappa shape index (κ3) is 7.34. The molecule has 0 spiro atoms. The van der Waals surface area contributed by atoms with Gasteiger partial charge in [-0.25, -0.2) is 0 Å². The van der Waals surface area contributed by atoms with Crippen molar-refractivity contribution in [2.24, 2.45) is 0 Å². The van der Waals surface area contributed by atoms with Crippen molar-refractivity contribution in [1.82, 2.24) is 20.1 Å². The van der Waals surface area contributed by atoms with Crippen LogP contribution in [0.5, 0.6) is 0 Å². The normalized spacial score (nSPS) is 10.9. The summed E-state index contributed by atoms with van der Waals surface area (Å²) in [6, 6.07) is 25.5. The summed E-state index contributed by atoms with van der Waals surface area (Å²) in [7, 11) is 0. The lowest BCUT2D eigenvalue weighted by Crippen LogP contribution is -2.22. The van der Waals surface area contributed by atoms with Gasteiger partial charge in [0.1, 0.15) is 5.82 Å². The first-order valence-electron chi connectivity index (χ1n) is 11.6. The lowest BCUT2D eigenvalue weighted by molar-refractivity contribution is -0.121. The number of hydrogen-bond acceptors (Lipinski definition) is 5. The number of carbonyl (C=O) groups excluding carboxylic acids is 1. The van der Waals surface area contributed by atoms with Gasteiger partial charge in [-0.2, -0.15) is 0 Å². The van der Waals surface area contributed by atoms with E-state index in [2.05, 4.69) is 20.1 Å². The van der Waals surface area contributed by atoms with Crippen LogP contribution in [0.25, 0.3) is 5.69 Å². The van der Waals surface area contributed by atoms with E-state index in [0.29, 0.717) is 24.4 Å². The fraction of sp³-hybridized carbons (Fsp3) is 0.222. The summed E-state index contributed by atoms with van der Waals surface area (Å²) < 4.78 is 2.05. The molecular formula is C27H28ClN5OS. The Bertz CT molecular complexity index is 1260. The molecule has 3 aromatic carbocycles. The molecule has 0 fully saturated rings. The monoisotopic (exact) mass is 505 g/mol. The van der Waals surface area contributed by atoms with Crippen LogP contribution in [0.1, 0.15) is 36.2 Å². The Morgan fingerprint density at radius 1 is 0.943 bits per heavy atom. The van der Waals surface area contributed by atoms with E-state index in [-0.39, 0.29) is 5.91 Å². The average Bonchev–Trinajstić information content (AvgIpc) is 3.27. The summed E-state index contributed by atoms with van der Waals surface area (Å²) >= 11 is 7.88. The maximum atomic E-state index is 12.2.